The van der Waals surface area contributed by atoms with Crippen LogP contribution in [-0.2, 0) is 14.3 Å². The Balaban J connectivity index is 1.52. The second-order valence-corrected chi connectivity index (χ2v) is 6.89. The van der Waals surface area contributed by atoms with Crippen LogP contribution in [0.15, 0.2) is 24.5 Å². The van der Waals surface area contributed by atoms with E-state index in [0.717, 1.165) is 37.8 Å². The summed E-state index contributed by atoms with van der Waals surface area (Å²) in [5.74, 6) is 0.825. The molecule has 3 heterocycles. The maximum Gasteiger partial charge on any atom is 0.253 e. The molecule has 1 spiro atoms. The summed E-state index contributed by atoms with van der Waals surface area (Å²) in [5.41, 5.74) is 0.396. The van der Waals surface area contributed by atoms with Gasteiger partial charge in [-0.3, -0.25) is 14.7 Å². The number of anilines is 1. The van der Waals surface area contributed by atoms with Gasteiger partial charge in [0.1, 0.15) is 12.2 Å². The topological polar surface area (TPSA) is 54.9 Å². The zero-order chi connectivity index (χ0) is 15.7. The molecule has 2 saturated heterocycles. The van der Waals surface area contributed by atoms with E-state index in [9.17, 15) is 4.79 Å². The van der Waals surface area contributed by atoms with E-state index in [4.69, 9.17) is 9.47 Å². The van der Waals surface area contributed by atoms with Gasteiger partial charge in [0.25, 0.3) is 5.91 Å². The third-order valence-electron chi connectivity index (χ3n) is 4.85. The van der Waals surface area contributed by atoms with E-state index in [0.29, 0.717) is 13.2 Å². The van der Waals surface area contributed by atoms with E-state index < -0.39 is 5.60 Å². The summed E-state index contributed by atoms with van der Waals surface area (Å²) in [6, 6.07) is 3.77. The predicted octanol–water partition coefficient (Wildman–Crippen LogP) is 0.926. The van der Waals surface area contributed by atoms with E-state index in [2.05, 4.69) is 9.88 Å². The van der Waals surface area contributed by atoms with Gasteiger partial charge in [-0.05, 0) is 30.9 Å². The second kappa shape index (κ2) is 6.19. The standard InChI is InChI=1S/C17H23N3O3/c21-16-10-23-17(12-20(16)15-2-1-5-18-8-15)11-19(6-7-22-13-17)9-14-3-4-14/h1-2,5,8,14H,3-4,6-7,9-13H2/t17-/m1/s1. The molecule has 1 amide bonds. The molecule has 3 fully saturated rings. The Hall–Kier alpha value is -1.50. The van der Waals surface area contributed by atoms with Crippen molar-refractivity contribution >= 4 is 11.6 Å². The average Bonchev–Trinajstić information content (AvgIpc) is 3.40. The zero-order valence-electron chi connectivity index (χ0n) is 13.3. The van der Waals surface area contributed by atoms with Gasteiger partial charge in [-0.25, -0.2) is 0 Å². The molecule has 0 N–H and O–H groups in total. The first-order valence-electron chi connectivity index (χ1n) is 8.39. The van der Waals surface area contributed by atoms with Crippen molar-refractivity contribution < 1.29 is 14.3 Å². The highest BCUT2D eigenvalue weighted by Crippen LogP contribution is 2.32. The third kappa shape index (κ3) is 3.39. The number of nitrogens with zero attached hydrogens (tertiary/aromatic N) is 3. The summed E-state index contributed by atoms with van der Waals surface area (Å²) < 4.78 is 11.8. The van der Waals surface area contributed by atoms with Crippen LogP contribution in [0.1, 0.15) is 12.8 Å². The molecule has 4 rings (SSSR count). The number of pyridine rings is 1. The van der Waals surface area contributed by atoms with Crippen molar-refractivity contribution in [2.45, 2.75) is 18.4 Å². The normalized spacial score (nSPS) is 29.7. The van der Waals surface area contributed by atoms with Crippen LogP contribution >= 0.6 is 0 Å². The van der Waals surface area contributed by atoms with Crippen LogP contribution in [0.2, 0.25) is 0 Å². The Morgan fingerprint density at radius 1 is 1.35 bits per heavy atom. The molecule has 0 bridgehead atoms. The number of ether oxygens (including phenoxy) is 2. The minimum Gasteiger partial charge on any atom is -0.377 e. The monoisotopic (exact) mass is 317 g/mol. The van der Waals surface area contributed by atoms with Crippen LogP contribution in [0, 0.1) is 5.92 Å². The molecule has 6 nitrogen and oxygen atoms in total. The minimum atomic E-state index is -0.435. The molecule has 23 heavy (non-hydrogen) atoms. The smallest absolute Gasteiger partial charge is 0.253 e. The van der Waals surface area contributed by atoms with Crippen LogP contribution in [0.5, 0.6) is 0 Å². The lowest BCUT2D eigenvalue weighted by Gasteiger charge is -2.43. The summed E-state index contributed by atoms with van der Waals surface area (Å²) in [7, 11) is 0. The van der Waals surface area contributed by atoms with Gasteiger partial charge in [0.2, 0.25) is 0 Å². The van der Waals surface area contributed by atoms with Crippen LogP contribution in [0.4, 0.5) is 5.69 Å². The fraction of sp³-hybridized carbons (Fsp3) is 0.647. The minimum absolute atomic E-state index is 0.0124. The Morgan fingerprint density at radius 3 is 3.04 bits per heavy atom. The van der Waals surface area contributed by atoms with Crippen molar-refractivity contribution in [2.75, 3.05) is 50.9 Å². The lowest BCUT2D eigenvalue weighted by atomic mass is 10.0. The fourth-order valence-electron chi connectivity index (χ4n) is 3.45. The van der Waals surface area contributed by atoms with Gasteiger partial charge in [0.15, 0.2) is 0 Å². The number of hydrogen-bond donors (Lipinski definition) is 0. The van der Waals surface area contributed by atoms with Crippen molar-refractivity contribution in [1.29, 1.82) is 0 Å². The highest BCUT2D eigenvalue weighted by molar-refractivity contribution is 5.95. The van der Waals surface area contributed by atoms with Gasteiger partial charge >= 0.3 is 0 Å². The van der Waals surface area contributed by atoms with E-state index in [1.165, 1.54) is 12.8 Å². The first-order chi connectivity index (χ1) is 11.2. The highest BCUT2D eigenvalue weighted by atomic mass is 16.6. The maximum atomic E-state index is 12.3. The molecule has 3 aliphatic rings. The molecule has 1 atom stereocenters. The van der Waals surface area contributed by atoms with Gasteiger partial charge in [0.05, 0.1) is 31.6 Å². The number of aromatic nitrogens is 1. The molecule has 1 saturated carbocycles. The molecule has 124 valence electrons. The molecule has 0 aromatic carbocycles. The summed E-state index contributed by atoms with van der Waals surface area (Å²) in [6.45, 7) is 4.80. The third-order valence-corrected chi connectivity index (χ3v) is 4.85. The first kappa shape index (κ1) is 15.1. The van der Waals surface area contributed by atoms with Crippen LogP contribution in [0.25, 0.3) is 0 Å². The van der Waals surface area contributed by atoms with Crippen molar-refractivity contribution in [3.8, 4) is 0 Å². The largest absolute Gasteiger partial charge is 0.377 e. The second-order valence-electron chi connectivity index (χ2n) is 6.89. The van der Waals surface area contributed by atoms with Crippen molar-refractivity contribution in [1.82, 2.24) is 9.88 Å². The summed E-state index contributed by atoms with van der Waals surface area (Å²) in [4.78, 5) is 20.7. The number of rotatable bonds is 3. The Kier molecular flexibility index (Phi) is 4.05. The maximum absolute atomic E-state index is 12.3. The first-order valence-corrected chi connectivity index (χ1v) is 8.39. The summed E-state index contributed by atoms with van der Waals surface area (Å²) >= 11 is 0. The molecule has 1 aromatic heterocycles. The molecule has 1 aromatic rings. The molecule has 0 radical (unpaired) electrons. The Morgan fingerprint density at radius 2 is 2.26 bits per heavy atom. The Labute approximate surface area is 136 Å². The lowest BCUT2D eigenvalue weighted by molar-refractivity contribution is -0.146. The summed E-state index contributed by atoms with van der Waals surface area (Å²) in [5, 5.41) is 0. The van der Waals surface area contributed by atoms with Crippen molar-refractivity contribution in [3.63, 3.8) is 0 Å². The van der Waals surface area contributed by atoms with Crippen molar-refractivity contribution in [3.05, 3.63) is 24.5 Å². The number of hydrogen-bond acceptors (Lipinski definition) is 5. The highest BCUT2D eigenvalue weighted by Gasteiger charge is 2.44. The van der Waals surface area contributed by atoms with Gasteiger partial charge in [-0.1, -0.05) is 0 Å². The van der Waals surface area contributed by atoms with E-state index in [-0.39, 0.29) is 12.5 Å². The average molecular weight is 317 g/mol. The predicted molar refractivity (Wildman–Crippen MR) is 85.3 cm³/mol. The molecule has 2 aliphatic heterocycles. The van der Waals surface area contributed by atoms with Crippen LogP contribution < -0.4 is 4.90 Å². The number of carbonyl (C=O) groups is 1. The molecular formula is C17H23N3O3. The SMILES string of the molecule is O=C1CO[C@@]2(COCCN(CC3CC3)C2)CN1c1cccnc1. The zero-order valence-corrected chi connectivity index (χ0v) is 13.3. The van der Waals surface area contributed by atoms with E-state index in [1.54, 1.807) is 17.3 Å². The van der Waals surface area contributed by atoms with Crippen molar-refractivity contribution in [2.24, 2.45) is 5.92 Å². The van der Waals surface area contributed by atoms with E-state index in [1.807, 2.05) is 12.1 Å². The fourth-order valence-corrected chi connectivity index (χ4v) is 3.45. The quantitative estimate of drug-likeness (QED) is 0.830. The van der Waals surface area contributed by atoms with Gasteiger partial charge < -0.3 is 14.4 Å². The Bertz CT molecular complexity index is 563. The van der Waals surface area contributed by atoms with E-state index >= 15 is 0 Å². The molecule has 0 unspecified atom stereocenters. The lowest BCUT2D eigenvalue weighted by Crippen LogP contribution is -2.61. The number of morpholine rings is 1. The van der Waals surface area contributed by atoms with Crippen LogP contribution in [-0.4, -0.2) is 67.4 Å². The van der Waals surface area contributed by atoms with Gasteiger partial charge in [0, 0.05) is 25.8 Å². The number of carbonyl (C=O) groups excluding carboxylic acids is 1. The molecular weight excluding hydrogens is 294 g/mol. The van der Waals surface area contributed by atoms with Gasteiger partial charge in [-0.15, -0.1) is 0 Å². The van der Waals surface area contributed by atoms with Crippen LogP contribution in [0.3, 0.4) is 0 Å². The van der Waals surface area contributed by atoms with Gasteiger partial charge in [-0.2, -0.15) is 0 Å². The molecule has 1 aliphatic carbocycles. The molecule has 6 heteroatoms. The number of amides is 1. The summed E-state index contributed by atoms with van der Waals surface area (Å²) in [6.07, 6.45) is 6.13.